The second-order valence-electron chi connectivity index (χ2n) is 3.91. The summed E-state index contributed by atoms with van der Waals surface area (Å²) in [6, 6.07) is 0. The summed E-state index contributed by atoms with van der Waals surface area (Å²) in [5, 5.41) is 0. The maximum atomic E-state index is 10.9. The Bertz CT molecular complexity index is 177. The summed E-state index contributed by atoms with van der Waals surface area (Å²) < 4.78 is 4.86. The van der Waals surface area contributed by atoms with Gasteiger partial charge in [-0.3, -0.25) is 4.99 Å². The first-order valence-corrected chi connectivity index (χ1v) is 4.07. The average Bonchev–Trinajstić information content (AvgIpc) is 1.80. The molecule has 0 aliphatic heterocycles. The Labute approximate surface area is 73.8 Å². The monoisotopic (exact) mass is 171 g/mol. The molecule has 0 aliphatic carbocycles. The second kappa shape index (κ2) is 4.24. The van der Waals surface area contributed by atoms with Crippen molar-refractivity contribution in [1.29, 1.82) is 0 Å². The molecule has 0 radical (unpaired) electrons. The van der Waals surface area contributed by atoms with Gasteiger partial charge in [0.15, 0.2) is 0 Å². The van der Waals surface area contributed by atoms with Gasteiger partial charge in [0.05, 0.1) is 11.6 Å². The molecule has 0 aromatic carbocycles. The van der Waals surface area contributed by atoms with E-state index in [1.54, 1.807) is 0 Å². The number of hydrogen-bond acceptors (Lipinski definition) is 3. The van der Waals surface area contributed by atoms with Crippen LogP contribution in [0.25, 0.3) is 0 Å². The molecule has 70 valence electrons. The molecule has 0 heterocycles. The van der Waals surface area contributed by atoms with Gasteiger partial charge < -0.3 is 4.74 Å². The molecule has 0 bridgehead atoms. The van der Waals surface area contributed by atoms with Crippen molar-refractivity contribution in [2.45, 2.75) is 46.3 Å². The van der Waals surface area contributed by atoms with Gasteiger partial charge in [-0.25, -0.2) is 4.79 Å². The third-order valence-corrected chi connectivity index (χ3v) is 0.909. The molecular formula is C9H17NO2. The lowest BCUT2D eigenvalue weighted by molar-refractivity contribution is -0.138. The molecule has 0 spiro atoms. The maximum Gasteiger partial charge on any atom is 0.349 e. The third-order valence-electron chi connectivity index (χ3n) is 0.909. The van der Waals surface area contributed by atoms with Crippen LogP contribution in [0.5, 0.6) is 0 Å². The Morgan fingerprint density at radius 2 is 1.92 bits per heavy atom. The van der Waals surface area contributed by atoms with E-state index in [0.717, 1.165) is 0 Å². The molecule has 0 aromatic heterocycles. The molecule has 3 heteroatoms. The zero-order chi connectivity index (χ0) is 9.78. The largest absolute Gasteiger partial charge is 0.459 e. The van der Waals surface area contributed by atoms with Crippen LogP contribution in [0.3, 0.4) is 0 Å². The van der Waals surface area contributed by atoms with Crippen LogP contribution >= 0.6 is 0 Å². The van der Waals surface area contributed by atoms with Gasteiger partial charge in [-0.2, -0.15) is 0 Å². The molecule has 0 saturated carbocycles. The maximum absolute atomic E-state index is 10.9. The van der Waals surface area contributed by atoms with Crippen molar-refractivity contribution in [1.82, 2.24) is 0 Å². The molecule has 0 N–H and O–H groups in total. The van der Waals surface area contributed by atoms with Gasteiger partial charge in [-0.05, 0) is 34.6 Å². The summed E-state index contributed by atoms with van der Waals surface area (Å²) >= 11 is 0. The van der Waals surface area contributed by atoms with Gasteiger partial charge in [-0.15, -0.1) is 0 Å². The Hall–Kier alpha value is -0.860. The van der Waals surface area contributed by atoms with Crippen LogP contribution in [0.15, 0.2) is 4.99 Å². The highest BCUT2D eigenvalue weighted by Gasteiger charge is 2.07. The quantitative estimate of drug-likeness (QED) is 0.469. The number of hydrogen-bond donors (Lipinski definition) is 0. The van der Waals surface area contributed by atoms with Crippen molar-refractivity contribution in [2.24, 2.45) is 4.99 Å². The van der Waals surface area contributed by atoms with Crippen LogP contribution in [-0.2, 0) is 9.53 Å². The van der Waals surface area contributed by atoms with Gasteiger partial charge in [0.1, 0.15) is 6.21 Å². The lowest BCUT2D eigenvalue weighted by Gasteiger charge is -2.11. The van der Waals surface area contributed by atoms with E-state index in [1.807, 2.05) is 34.6 Å². The normalized spacial score (nSPS) is 12.5. The molecule has 0 saturated heterocycles. The second-order valence-corrected chi connectivity index (χ2v) is 3.91. The average molecular weight is 171 g/mol. The number of nitrogens with zero attached hydrogens (tertiary/aromatic N) is 1. The minimum Gasteiger partial charge on any atom is -0.459 e. The molecule has 3 nitrogen and oxygen atoms in total. The molecular weight excluding hydrogens is 154 g/mol. The number of aliphatic imine (C=N–C) groups is 1. The number of rotatable bonds is 2. The van der Waals surface area contributed by atoms with E-state index in [-0.39, 0.29) is 17.6 Å². The predicted octanol–water partition coefficient (Wildman–Crippen LogP) is 1.81. The number of ether oxygens (including phenoxy) is 1. The first-order chi connectivity index (χ1) is 5.31. The third kappa shape index (κ3) is 7.25. The van der Waals surface area contributed by atoms with Gasteiger partial charge in [0.2, 0.25) is 0 Å². The lowest BCUT2D eigenvalue weighted by Crippen LogP contribution is -2.16. The first kappa shape index (κ1) is 11.1. The smallest absolute Gasteiger partial charge is 0.349 e. The van der Waals surface area contributed by atoms with Crippen molar-refractivity contribution >= 4 is 12.2 Å². The van der Waals surface area contributed by atoms with Crippen molar-refractivity contribution in [3.63, 3.8) is 0 Å². The van der Waals surface area contributed by atoms with E-state index in [0.29, 0.717) is 0 Å². The summed E-state index contributed by atoms with van der Waals surface area (Å²) in [7, 11) is 0. The van der Waals surface area contributed by atoms with E-state index in [9.17, 15) is 4.79 Å². The van der Waals surface area contributed by atoms with Gasteiger partial charge in [0, 0.05) is 0 Å². The Morgan fingerprint density at radius 3 is 2.25 bits per heavy atom. The van der Waals surface area contributed by atoms with Crippen LogP contribution < -0.4 is 0 Å². The highest BCUT2D eigenvalue weighted by molar-refractivity contribution is 6.23. The Morgan fingerprint density at radius 1 is 1.42 bits per heavy atom. The van der Waals surface area contributed by atoms with Gasteiger partial charge in [-0.1, -0.05) is 0 Å². The van der Waals surface area contributed by atoms with E-state index in [4.69, 9.17) is 4.74 Å². The molecule has 0 fully saturated rings. The standard InChI is InChI=1S/C9H17NO2/c1-7(2)12-8(11)6-10-9(3,4)5/h6-7H,1-5H3. The SMILES string of the molecule is CC(C)OC(=O)C=NC(C)(C)C. The topological polar surface area (TPSA) is 38.7 Å². The summed E-state index contributed by atoms with van der Waals surface area (Å²) in [6.45, 7) is 9.39. The van der Waals surface area contributed by atoms with Crippen molar-refractivity contribution < 1.29 is 9.53 Å². The zero-order valence-corrected chi connectivity index (χ0v) is 8.42. The van der Waals surface area contributed by atoms with E-state index in [2.05, 4.69) is 4.99 Å². The van der Waals surface area contributed by atoms with E-state index in [1.165, 1.54) is 6.21 Å². The summed E-state index contributed by atoms with van der Waals surface area (Å²) in [5.41, 5.74) is -0.212. The van der Waals surface area contributed by atoms with Crippen molar-refractivity contribution in [3.05, 3.63) is 0 Å². The van der Waals surface area contributed by atoms with Crippen LogP contribution in [0.1, 0.15) is 34.6 Å². The number of esters is 1. The summed E-state index contributed by atoms with van der Waals surface area (Å²) in [5.74, 6) is -0.375. The van der Waals surface area contributed by atoms with Gasteiger partial charge >= 0.3 is 5.97 Å². The molecule has 0 atom stereocenters. The molecule has 0 rings (SSSR count). The van der Waals surface area contributed by atoms with Crippen molar-refractivity contribution in [2.75, 3.05) is 0 Å². The van der Waals surface area contributed by atoms with Crippen molar-refractivity contribution in [3.8, 4) is 0 Å². The zero-order valence-electron chi connectivity index (χ0n) is 8.42. The first-order valence-electron chi connectivity index (χ1n) is 4.07. The molecule has 0 amide bonds. The van der Waals surface area contributed by atoms with Crippen LogP contribution in [-0.4, -0.2) is 23.8 Å². The number of carbonyl (C=O) groups is 1. The van der Waals surface area contributed by atoms with Crippen LogP contribution in [0.2, 0.25) is 0 Å². The molecule has 0 aliphatic rings. The highest BCUT2D eigenvalue weighted by Crippen LogP contribution is 2.04. The predicted molar refractivity (Wildman–Crippen MR) is 49.5 cm³/mol. The molecule has 0 aromatic rings. The molecule has 12 heavy (non-hydrogen) atoms. The Balaban J connectivity index is 3.93. The fraction of sp³-hybridized carbons (Fsp3) is 0.778. The minimum atomic E-state index is -0.375. The fourth-order valence-corrected chi connectivity index (χ4v) is 0.509. The van der Waals surface area contributed by atoms with Crippen LogP contribution in [0.4, 0.5) is 0 Å². The van der Waals surface area contributed by atoms with E-state index < -0.39 is 0 Å². The van der Waals surface area contributed by atoms with Gasteiger partial charge in [0.25, 0.3) is 0 Å². The van der Waals surface area contributed by atoms with Crippen LogP contribution in [0, 0.1) is 0 Å². The minimum absolute atomic E-state index is 0.0797. The van der Waals surface area contributed by atoms with E-state index >= 15 is 0 Å². The fourth-order valence-electron chi connectivity index (χ4n) is 0.509. The lowest BCUT2D eigenvalue weighted by atomic mass is 10.1. The number of carbonyl (C=O) groups excluding carboxylic acids is 1. The molecule has 0 unspecified atom stereocenters. The Kier molecular flexibility index (Phi) is 3.93. The highest BCUT2D eigenvalue weighted by atomic mass is 16.5. The summed E-state index contributed by atoms with van der Waals surface area (Å²) in [6.07, 6.45) is 1.16. The summed E-state index contributed by atoms with van der Waals surface area (Å²) in [4.78, 5) is 14.9.